The van der Waals surface area contributed by atoms with Gasteiger partial charge in [0.05, 0.1) is 30.8 Å². The summed E-state index contributed by atoms with van der Waals surface area (Å²) in [7, 11) is 0. The number of pyridine rings is 1. The highest BCUT2D eigenvalue weighted by atomic mass is 35.5. The lowest BCUT2D eigenvalue weighted by Gasteiger charge is -2.29. The average Bonchev–Trinajstić information content (AvgIpc) is 3.13. The van der Waals surface area contributed by atoms with Crippen molar-refractivity contribution in [3.05, 3.63) is 53.1 Å². The van der Waals surface area contributed by atoms with E-state index in [-0.39, 0.29) is 0 Å². The summed E-state index contributed by atoms with van der Waals surface area (Å²) in [5.74, 6) is 0. The average molecular weight is 358 g/mol. The van der Waals surface area contributed by atoms with E-state index in [1.165, 1.54) is 0 Å². The van der Waals surface area contributed by atoms with E-state index in [1.54, 1.807) is 11.3 Å². The van der Waals surface area contributed by atoms with Gasteiger partial charge >= 0.3 is 0 Å². The Kier molecular flexibility index (Phi) is 4.47. The number of morpholine rings is 1. The molecule has 0 unspecified atom stereocenters. The molecule has 0 radical (unpaired) electrons. The van der Waals surface area contributed by atoms with Crippen molar-refractivity contribution in [2.24, 2.45) is 0 Å². The summed E-state index contributed by atoms with van der Waals surface area (Å²) in [5, 5.41) is 3.82. The second-order valence-electron chi connectivity index (χ2n) is 5.54. The normalized spacial score (nSPS) is 14.8. The Balaban J connectivity index is 1.68. The van der Waals surface area contributed by atoms with Gasteiger partial charge in [-0.1, -0.05) is 23.7 Å². The lowest BCUT2D eigenvalue weighted by atomic mass is 10.1. The zero-order valence-corrected chi connectivity index (χ0v) is 14.6. The summed E-state index contributed by atoms with van der Waals surface area (Å²) >= 11 is 7.62. The van der Waals surface area contributed by atoms with Gasteiger partial charge in [0.1, 0.15) is 5.01 Å². The van der Waals surface area contributed by atoms with Gasteiger partial charge in [-0.05, 0) is 18.2 Å². The second-order valence-corrected chi connectivity index (χ2v) is 6.83. The van der Waals surface area contributed by atoms with E-state index in [0.29, 0.717) is 0 Å². The quantitative estimate of drug-likeness (QED) is 0.698. The maximum absolute atomic E-state index is 5.97. The maximum Gasteiger partial charge on any atom is 0.126 e. The van der Waals surface area contributed by atoms with Crippen molar-refractivity contribution in [2.45, 2.75) is 0 Å². The molecule has 0 bridgehead atoms. The number of hydrogen-bond acceptors (Lipinski definition) is 5. The number of aromatic nitrogens is 2. The molecule has 0 spiro atoms. The Morgan fingerprint density at radius 3 is 2.67 bits per heavy atom. The van der Waals surface area contributed by atoms with Gasteiger partial charge in [-0.3, -0.25) is 4.98 Å². The Morgan fingerprint density at radius 1 is 1.08 bits per heavy atom. The van der Waals surface area contributed by atoms with Crippen LogP contribution in [-0.2, 0) is 4.74 Å². The molecule has 0 amide bonds. The monoisotopic (exact) mass is 357 g/mol. The number of halogens is 1. The first-order valence-electron chi connectivity index (χ1n) is 7.80. The molecule has 6 heteroatoms. The van der Waals surface area contributed by atoms with Crippen molar-refractivity contribution in [1.82, 2.24) is 9.97 Å². The Morgan fingerprint density at radius 2 is 1.88 bits per heavy atom. The highest BCUT2D eigenvalue weighted by Crippen LogP contribution is 2.35. The minimum absolute atomic E-state index is 0.734. The van der Waals surface area contributed by atoms with Gasteiger partial charge in [-0.15, -0.1) is 11.3 Å². The maximum atomic E-state index is 5.97. The molecule has 24 heavy (non-hydrogen) atoms. The molecule has 3 heterocycles. The van der Waals surface area contributed by atoms with Gasteiger partial charge in [0, 0.05) is 40.8 Å². The fourth-order valence-electron chi connectivity index (χ4n) is 2.77. The smallest absolute Gasteiger partial charge is 0.126 e. The van der Waals surface area contributed by atoms with Gasteiger partial charge in [0.15, 0.2) is 0 Å². The lowest BCUT2D eigenvalue weighted by molar-refractivity contribution is 0.122. The summed E-state index contributed by atoms with van der Waals surface area (Å²) in [5.41, 5.74) is 4.29. The Bertz CT molecular complexity index is 828. The molecule has 0 atom stereocenters. The number of rotatable bonds is 3. The first kappa shape index (κ1) is 15.6. The van der Waals surface area contributed by atoms with Crippen LogP contribution in [0.2, 0.25) is 5.02 Å². The van der Waals surface area contributed by atoms with Gasteiger partial charge in [0.25, 0.3) is 0 Å². The standard InChI is InChI=1S/C18H16ClN3OS/c19-14-3-1-13(2-4-14)16-12-24-18(21-16)15-5-6-20-11-17(15)22-7-9-23-10-8-22/h1-6,11-12H,7-10H2. The topological polar surface area (TPSA) is 38.2 Å². The van der Waals surface area contributed by atoms with Crippen molar-refractivity contribution in [3.8, 4) is 21.8 Å². The predicted octanol–water partition coefficient (Wildman–Crippen LogP) is 4.36. The predicted molar refractivity (Wildman–Crippen MR) is 98.8 cm³/mol. The lowest BCUT2D eigenvalue weighted by Crippen LogP contribution is -2.36. The van der Waals surface area contributed by atoms with E-state index in [1.807, 2.05) is 42.7 Å². The van der Waals surface area contributed by atoms with Gasteiger partial charge < -0.3 is 9.64 Å². The van der Waals surface area contributed by atoms with Gasteiger partial charge in [-0.25, -0.2) is 4.98 Å². The molecule has 1 fully saturated rings. The molecular weight excluding hydrogens is 342 g/mol. The number of anilines is 1. The molecule has 4 nitrogen and oxygen atoms in total. The largest absolute Gasteiger partial charge is 0.378 e. The summed E-state index contributed by atoms with van der Waals surface area (Å²) in [6, 6.07) is 9.81. The van der Waals surface area contributed by atoms with E-state index in [2.05, 4.69) is 15.3 Å². The Hall–Kier alpha value is -1.95. The molecule has 2 aromatic heterocycles. The van der Waals surface area contributed by atoms with Crippen molar-refractivity contribution in [3.63, 3.8) is 0 Å². The van der Waals surface area contributed by atoms with Crippen LogP contribution in [-0.4, -0.2) is 36.3 Å². The van der Waals surface area contributed by atoms with Crippen molar-refractivity contribution < 1.29 is 4.74 Å². The van der Waals surface area contributed by atoms with Crippen LogP contribution in [0.1, 0.15) is 0 Å². The van der Waals surface area contributed by atoms with Crippen LogP contribution in [0.4, 0.5) is 5.69 Å². The number of hydrogen-bond donors (Lipinski definition) is 0. The number of ether oxygens (including phenoxy) is 1. The minimum Gasteiger partial charge on any atom is -0.378 e. The van der Waals surface area contributed by atoms with Crippen LogP contribution in [0.25, 0.3) is 21.8 Å². The van der Waals surface area contributed by atoms with Crippen LogP contribution in [0.3, 0.4) is 0 Å². The fourth-order valence-corrected chi connectivity index (χ4v) is 3.76. The molecule has 0 N–H and O–H groups in total. The van der Waals surface area contributed by atoms with Gasteiger partial charge in [0.2, 0.25) is 0 Å². The fraction of sp³-hybridized carbons (Fsp3) is 0.222. The molecule has 4 rings (SSSR count). The van der Waals surface area contributed by atoms with Crippen molar-refractivity contribution in [2.75, 3.05) is 31.2 Å². The second kappa shape index (κ2) is 6.89. The third-order valence-electron chi connectivity index (χ3n) is 4.03. The van der Waals surface area contributed by atoms with E-state index in [4.69, 9.17) is 21.3 Å². The van der Waals surface area contributed by atoms with E-state index < -0.39 is 0 Å². The number of thiazole rings is 1. The zero-order valence-electron chi connectivity index (χ0n) is 13.0. The third kappa shape index (κ3) is 3.15. The molecule has 1 aromatic carbocycles. The molecular formula is C18H16ClN3OS. The highest BCUT2D eigenvalue weighted by molar-refractivity contribution is 7.13. The van der Waals surface area contributed by atoms with E-state index in [0.717, 1.165) is 58.8 Å². The summed E-state index contributed by atoms with van der Waals surface area (Å²) < 4.78 is 5.45. The first-order chi connectivity index (χ1) is 11.8. The van der Waals surface area contributed by atoms with Crippen molar-refractivity contribution in [1.29, 1.82) is 0 Å². The van der Waals surface area contributed by atoms with E-state index >= 15 is 0 Å². The molecule has 1 saturated heterocycles. The molecule has 122 valence electrons. The van der Waals surface area contributed by atoms with Gasteiger partial charge in [-0.2, -0.15) is 0 Å². The minimum atomic E-state index is 0.734. The highest BCUT2D eigenvalue weighted by Gasteiger charge is 2.17. The number of nitrogens with zero attached hydrogens (tertiary/aromatic N) is 3. The summed E-state index contributed by atoms with van der Waals surface area (Å²) in [6.07, 6.45) is 3.74. The van der Waals surface area contributed by atoms with Crippen molar-refractivity contribution >= 4 is 28.6 Å². The first-order valence-corrected chi connectivity index (χ1v) is 9.05. The molecule has 1 aliphatic heterocycles. The van der Waals surface area contributed by atoms with Crippen LogP contribution < -0.4 is 4.90 Å². The van der Waals surface area contributed by atoms with E-state index in [9.17, 15) is 0 Å². The molecule has 1 aliphatic rings. The van der Waals surface area contributed by atoms with Crippen LogP contribution in [0.15, 0.2) is 48.1 Å². The van der Waals surface area contributed by atoms with Crippen LogP contribution >= 0.6 is 22.9 Å². The summed E-state index contributed by atoms with van der Waals surface area (Å²) in [6.45, 7) is 3.27. The number of benzene rings is 1. The van der Waals surface area contributed by atoms with Crippen LogP contribution in [0, 0.1) is 0 Å². The van der Waals surface area contributed by atoms with Crippen LogP contribution in [0.5, 0.6) is 0 Å². The third-order valence-corrected chi connectivity index (χ3v) is 5.15. The SMILES string of the molecule is Clc1ccc(-c2csc(-c3ccncc3N3CCOCC3)n2)cc1. The molecule has 0 saturated carbocycles. The Labute approximate surface area is 149 Å². The molecule has 3 aromatic rings. The molecule has 0 aliphatic carbocycles. The zero-order chi connectivity index (χ0) is 16.4. The summed E-state index contributed by atoms with van der Waals surface area (Å²) in [4.78, 5) is 11.4.